The van der Waals surface area contributed by atoms with Gasteiger partial charge in [-0.25, -0.2) is 0 Å². The maximum Gasteiger partial charge on any atom is 0.248 e. The molecule has 4 atom stereocenters. The Morgan fingerprint density at radius 1 is 0.683 bits per heavy atom. The normalized spacial score (nSPS) is 21.8. The van der Waals surface area contributed by atoms with E-state index in [0.29, 0.717) is 42.0 Å². The highest BCUT2D eigenvalue weighted by atomic mass is 32.2. The summed E-state index contributed by atoms with van der Waals surface area (Å²) >= 11 is 4.32. The van der Waals surface area contributed by atoms with Gasteiger partial charge in [-0.2, -0.15) is 0 Å². The molecule has 12 heteroatoms. The molecule has 4 aromatic carbocycles. The number of hydrogen-bond donors (Lipinski definition) is 2. The van der Waals surface area contributed by atoms with Crippen LogP contribution in [0.4, 0.5) is 17.1 Å². The molecule has 4 unspecified atom stereocenters. The SMILES string of the molecule is C/C=C\c1ccc(OCCCCN2CCN(c3cccc4c3C3C(S4)C4c5c(cccc5N5CCN(CCCCOc6ccc7ccc(=O)[nH]c7c6)CC5)SC34)CC2)cc1NC=O. The van der Waals surface area contributed by atoms with Crippen LogP contribution in [0.25, 0.3) is 17.0 Å². The number of ether oxygens (including phenoxy) is 2. The van der Waals surface area contributed by atoms with Crippen molar-refractivity contribution in [1.29, 1.82) is 0 Å². The summed E-state index contributed by atoms with van der Waals surface area (Å²) in [6, 6.07) is 29.4. The van der Waals surface area contributed by atoms with Crippen molar-refractivity contribution in [3.8, 4) is 11.5 Å². The monoisotopic (exact) mass is 882 g/mol. The number of carbonyl (C=O) groups is 1. The van der Waals surface area contributed by atoms with Gasteiger partial charge < -0.3 is 29.6 Å². The number of benzene rings is 4. The summed E-state index contributed by atoms with van der Waals surface area (Å²) in [5.41, 5.74) is 8.67. The van der Waals surface area contributed by atoms with Crippen molar-refractivity contribution < 1.29 is 14.3 Å². The molecule has 1 saturated carbocycles. The lowest BCUT2D eigenvalue weighted by molar-refractivity contribution is -0.105. The Morgan fingerprint density at radius 2 is 1.24 bits per heavy atom. The van der Waals surface area contributed by atoms with Crippen molar-refractivity contribution in [2.45, 2.75) is 64.7 Å². The average Bonchev–Trinajstić information content (AvgIpc) is 3.82. The van der Waals surface area contributed by atoms with Crippen molar-refractivity contribution >= 4 is 64.0 Å². The molecule has 0 radical (unpaired) electrons. The minimum absolute atomic E-state index is 0.0906. The number of pyridine rings is 1. The number of aromatic amines is 1. The lowest BCUT2D eigenvalue weighted by atomic mass is 9.67. The number of nitrogens with zero attached hydrogens (tertiary/aromatic N) is 4. The number of H-pyrrole nitrogens is 1. The third-order valence-electron chi connectivity index (χ3n) is 13.7. The molecular weight excluding hydrogens is 825 g/mol. The van der Waals surface area contributed by atoms with Crippen LogP contribution in [0.5, 0.6) is 11.5 Å². The van der Waals surface area contributed by atoms with Crippen LogP contribution in [0.1, 0.15) is 61.1 Å². The van der Waals surface area contributed by atoms with Gasteiger partial charge in [0.05, 0.1) is 24.4 Å². The standard InChI is InChI=1S/C51H58N6O4S2/c1-2-9-35-14-17-37(32-39(35)52-34-58)60-30-5-3-20-54-22-26-56(27-23-54)41-10-7-12-43-46(41)48-50(62-43)49-47-42(11-8-13-44(47)63-51(48)49)57-28-24-55(25-29-57)21-4-6-31-61-38-18-15-36-16-19-45(59)53-40(36)33-38/h2,7-19,32-34,48-51H,3-6,20-31H2,1H3,(H,52,58)(H,53,59)/b9-2-. The fourth-order valence-corrected chi connectivity index (χ4v) is 14.1. The van der Waals surface area contributed by atoms with Crippen LogP contribution in [0, 0.1) is 0 Å². The second-order valence-corrected chi connectivity index (χ2v) is 19.9. The highest BCUT2D eigenvalue weighted by Crippen LogP contribution is 2.72. The summed E-state index contributed by atoms with van der Waals surface area (Å²) < 4.78 is 12.1. The predicted octanol–water partition coefficient (Wildman–Crippen LogP) is 8.92. The van der Waals surface area contributed by atoms with Gasteiger partial charge in [0.15, 0.2) is 0 Å². The van der Waals surface area contributed by atoms with Crippen molar-refractivity contribution in [2.75, 3.05) is 93.8 Å². The average molecular weight is 883 g/mol. The number of fused-ring (bicyclic) bond motifs is 9. The van der Waals surface area contributed by atoms with Crippen LogP contribution < -0.4 is 30.1 Å². The van der Waals surface area contributed by atoms with Crippen molar-refractivity contribution in [3.05, 3.63) is 118 Å². The van der Waals surface area contributed by atoms with E-state index in [0.717, 1.165) is 125 Å². The van der Waals surface area contributed by atoms with Gasteiger partial charge in [-0.05, 0) is 122 Å². The summed E-state index contributed by atoms with van der Waals surface area (Å²) in [6.07, 6.45) is 8.88. The number of hydrogen-bond acceptors (Lipinski definition) is 10. The summed E-state index contributed by atoms with van der Waals surface area (Å²) in [4.78, 5) is 39.3. The smallest absolute Gasteiger partial charge is 0.248 e. The Bertz CT molecular complexity index is 2510. The zero-order chi connectivity index (χ0) is 42.7. The molecule has 2 N–H and O–H groups in total. The lowest BCUT2D eigenvalue weighted by Crippen LogP contribution is -2.49. The Labute approximate surface area is 379 Å². The van der Waals surface area contributed by atoms with Gasteiger partial charge in [0.2, 0.25) is 12.0 Å². The second kappa shape index (κ2) is 19.1. The van der Waals surface area contributed by atoms with E-state index in [-0.39, 0.29) is 5.56 Å². The van der Waals surface area contributed by atoms with Crippen LogP contribution in [-0.4, -0.2) is 110 Å². The zero-order valence-electron chi connectivity index (χ0n) is 36.2. The molecule has 10 nitrogen and oxygen atoms in total. The molecule has 63 heavy (non-hydrogen) atoms. The number of piperazine rings is 2. The molecule has 5 aliphatic rings. The molecule has 0 spiro atoms. The van der Waals surface area contributed by atoms with Crippen molar-refractivity contribution in [2.24, 2.45) is 0 Å². The van der Waals surface area contributed by atoms with E-state index in [1.165, 1.54) is 21.2 Å². The number of nitrogens with one attached hydrogen (secondary N) is 2. The number of allylic oxidation sites excluding steroid dienone is 1. The first-order valence-corrected chi connectivity index (χ1v) is 24.7. The summed E-state index contributed by atoms with van der Waals surface area (Å²) in [5.74, 6) is 2.80. The number of rotatable bonds is 17. The topological polar surface area (TPSA) is 93.4 Å². The number of carbonyl (C=O) groups excluding carboxylic acids is 1. The predicted molar refractivity (Wildman–Crippen MR) is 260 cm³/mol. The highest BCUT2D eigenvalue weighted by molar-refractivity contribution is 8.02. The molecule has 1 amide bonds. The van der Waals surface area contributed by atoms with E-state index in [1.807, 2.05) is 61.5 Å². The van der Waals surface area contributed by atoms with Gasteiger partial charge in [0.1, 0.15) is 11.5 Å². The van der Waals surface area contributed by atoms with Gasteiger partial charge in [-0.1, -0.05) is 24.3 Å². The Hall–Kier alpha value is -4.88. The van der Waals surface area contributed by atoms with Gasteiger partial charge in [-0.3, -0.25) is 19.4 Å². The maximum atomic E-state index is 11.7. The van der Waals surface area contributed by atoms with Crippen LogP contribution in [0.3, 0.4) is 0 Å². The Balaban J connectivity index is 0.684. The number of aromatic nitrogens is 1. The van der Waals surface area contributed by atoms with E-state index < -0.39 is 0 Å². The van der Waals surface area contributed by atoms with Crippen LogP contribution in [-0.2, 0) is 4.79 Å². The van der Waals surface area contributed by atoms with Crippen molar-refractivity contribution in [1.82, 2.24) is 14.8 Å². The van der Waals surface area contributed by atoms with Crippen LogP contribution in [0.15, 0.2) is 106 Å². The first-order valence-electron chi connectivity index (χ1n) is 22.9. The van der Waals surface area contributed by atoms with Gasteiger partial charge in [0, 0.05) is 114 Å². The summed E-state index contributed by atoms with van der Waals surface area (Å²) in [6.45, 7) is 14.2. The number of amides is 1. The molecule has 1 aromatic heterocycles. The first-order chi connectivity index (χ1) is 31.0. The van der Waals surface area contributed by atoms with Crippen LogP contribution in [0.2, 0.25) is 0 Å². The molecule has 2 saturated heterocycles. The Morgan fingerprint density at radius 3 is 1.81 bits per heavy atom. The molecule has 10 rings (SSSR count). The largest absolute Gasteiger partial charge is 0.494 e. The van der Waals surface area contributed by atoms with Gasteiger partial charge in [-0.15, -0.1) is 23.5 Å². The molecule has 5 heterocycles. The fourth-order valence-electron chi connectivity index (χ4n) is 10.4. The quantitative estimate of drug-likeness (QED) is 0.0697. The number of anilines is 3. The lowest BCUT2D eigenvalue weighted by Gasteiger charge is -2.46. The Kier molecular flexibility index (Phi) is 12.7. The third-order valence-corrected chi connectivity index (χ3v) is 16.6. The highest BCUT2D eigenvalue weighted by Gasteiger charge is 2.61. The van der Waals surface area contributed by atoms with Crippen molar-refractivity contribution in [3.63, 3.8) is 0 Å². The molecule has 4 aliphatic heterocycles. The van der Waals surface area contributed by atoms with E-state index in [9.17, 15) is 9.59 Å². The minimum atomic E-state index is -0.0906. The third kappa shape index (κ3) is 8.84. The fraction of sp³-hybridized carbons (Fsp3) is 0.412. The first kappa shape index (κ1) is 42.1. The van der Waals surface area contributed by atoms with Gasteiger partial charge in [0.25, 0.3) is 0 Å². The maximum absolute atomic E-state index is 11.7. The molecule has 3 fully saturated rings. The molecule has 0 bridgehead atoms. The molecular formula is C51H58N6O4S2. The molecule has 328 valence electrons. The number of unbranched alkanes of at least 4 members (excludes halogenated alkanes) is 2. The second-order valence-electron chi connectivity index (χ2n) is 17.4. The summed E-state index contributed by atoms with van der Waals surface area (Å²) in [7, 11) is 0. The molecule has 1 aliphatic carbocycles. The molecule has 5 aromatic rings. The number of thioether (sulfide) groups is 2. The van der Waals surface area contributed by atoms with Crippen LogP contribution >= 0.6 is 23.5 Å². The zero-order valence-corrected chi connectivity index (χ0v) is 37.8. The van der Waals surface area contributed by atoms with E-state index in [1.54, 1.807) is 17.2 Å². The van der Waals surface area contributed by atoms with Gasteiger partial charge >= 0.3 is 0 Å². The summed E-state index contributed by atoms with van der Waals surface area (Å²) in [5, 5.41) is 5.03. The van der Waals surface area contributed by atoms with E-state index in [4.69, 9.17) is 9.47 Å². The minimum Gasteiger partial charge on any atom is -0.494 e. The van der Waals surface area contributed by atoms with E-state index >= 15 is 0 Å². The van der Waals surface area contributed by atoms with E-state index in [2.05, 4.69) is 89.8 Å².